The molecule has 1 atom stereocenters. The van der Waals surface area contributed by atoms with Crippen molar-refractivity contribution in [3.8, 4) is 11.3 Å². The van der Waals surface area contributed by atoms with Crippen molar-refractivity contribution < 1.29 is 17.6 Å². The van der Waals surface area contributed by atoms with Crippen LogP contribution in [0.4, 0.5) is 0 Å². The molecule has 7 nitrogen and oxygen atoms in total. The molecule has 0 bridgehead atoms. The Morgan fingerprint density at radius 1 is 1.29 bits per heavy atom. The van der Waals surface area contributed by atoms with Gasteiger partial charge in [-0.1, -0.05) is 29.8 Å². The fourth-order valence-corrected chi connectivity index (χ4v) is 5.06. The van der Waals surface area contributed by atoms with Crippen LogP contribution in [0.1, 0.15) is 34.3 Å². The van der Waals surface area contributed by atoms with E-state index in [1.807, 2.05) is 31.2 Å². The Hall–Kier alpha value is -2.87. The van der Waals surface area contributed by atoms with Gasteiger partial charge in [-0.2, -0.15) is 5.10 Å². The Morgan fingerprint density at radius 2 is 2.07 bits per heavy atom. The lowest BCUT2D eigenvalue weighted by molar-refractivity contribution is 0.0942. The van der Waals surface area contributed by atoms with E-state index in [1.54, 1.807) is 29.1 Å². The minimum absolute atomic E-state index is 0.0427. The molecule has 0 aliphatic carbocycles. The second-order valence-electron chi connectivity index (χ2n) is 7.04. The van der Waals surface area contributed by atoms with Crippen LogP contribution in [0.5, 0.6) is 0 Å². The fourth-order valence-electron chi connectivity index (χ4n) is 3.36. The SMILES string of the molecule is Cc1ccc(-c2cc(C(=O)NCc3ccco3)nn2[C@@H]2CCS(=O)(=O)C2)cc1. The number of hydrogen-bond donors (Lipinski definition) is 1. The summed E-state index contributed by atoms with van der Waals surface area (Å²) in [6, 6.07) is 12.9. The number of sulfone groups is 1. The number of aromatic nitrogens is 2. The van der Waals surface area contributed by atoms with Gasteiger partial charge in [0, 0.05) is 0 Å². The van der Waals surface area contributed by atoms with Gasteiger partial charge >= 0.3 is 0 Å². The standard InChI is InChI=1S/C20H21N3O4S/c1-14-4-6-15(7-5-14)19-11-18(20(24)21-12-17-3-2-9-27-17)22-23(19)16-8-10-28(25,26)13-16/h2-7,9,11,16H,8,10,12-13H2,1H3,(H,21,24)/t16-/m1/s1. The van der Waals surface area contributed by atoms with Crippen LogP contribution in [-0.4, -0.2) is 35.6 Å². The van der Waals surface area contributed by atoms with E-state index >= 15 is 0 Å². The molecule has 1 aromatic carbocycles. The van der Waals surface area contributed by atoms with Crippen molar-refractivity contribution in [2.24, 2.45) is 0 Å². The molecule has 0 unspecified atom stereocenters. The minimum atomic E-state index is -3.07. The summed E-state index contributed by atoms with van der Waals surface area (Å²) in [5.41, 5.74) is 3.01. The van der Waals surface area contributed by atoms with E-state index in [1.165, 1.54) is 0 Å². The topological polar surface area (TPSA) is 94.2 Å². The zero-order valence-corrected chi connectivity index (χ0v) is 16.3. The molecular weight excluding hydrogens is 378 g/mol. The van der Waals surface area contributed by atoms with Crippen LogP contribution < -0.4 is 5.32 Å². The van der Waals surface area contributed by atoms with Gasteiger partial charge in [0.1, 0.15) is 5.76 Å². The number of nitrogens with zero attached hydrogens (tertiary/aromatic N) is 2. The molecule has 1 saturated heterocycles. The third kappa shape index (κ3) is 3.87. The van der Waals surface area contributed by atoms with Crippen LogP contribution in [0.15, 0.2) is 53.1 Å². The first-order valence-corrected chi connectivity index (χ1v) is 10.9. The number of aryl methyl sites for hydroxylation is 1. The van der Waals surface area contributed by atoms with E-state index in [2.05, 4.69) is 10.4 Å². The van der Waals surface area contributed by atoms with Crippen LogP contribution >= 0.6 is 0 Å². The summed E-state index contributed by atoms with van der Waals surface area (Å²) in [6.45, 7) is 2.26. The average molecular weight is 399 g/mol. The van der Waals surface area contributed by atoms with Crippen molar-refractivity contribution in [1.82, 2.24) is 15.1 Å². The van der Waals surface area contributed by atoms with Gasteiger partial charge in [-0.3, -0.25) is 9.48 Å². The second kappa shape index (κ2) is 7.27. The molecule has 2 aromatic heterocycles. The fraction of sp³-hybridized carbons (Fsp3) is 0.300. The number of amides is 1. The summed E-state index contributed by atoms with van der Waals surface area (Å²) in [4.78, 5) is 12.6. The third-order valence-electron chi connectivity index (χ3n) is 4.87. The molecule has 8 heteroatoms. The van der Waals surface area contributed by atoms with Gasteiger partial charge in [-0.05, 0) is 37.1 Å². The maximum atomic E-state index is 12.6. The number of carbonyl (C=O) groups excluding carboxylic acids is 1. The smallest absolute Gasteiger partial charge is 0.272 e. The van der Waals surface area contributed by atoms with E-state index in [9.17, 15) is 13.2 Å². The van der Waals surface area contributed by atoms with E-state index < -0.39 is 9.84 Å². The van der Waals surface area contributed by atoms with E-state index in [-0.39, 0.29) is 35.7 Å². The number of furan rings is 1. The monoisotopic (exact) mass is 399 g/mol. The number of hydrogen-bond acceptors (Lipinski definition) is 5. The highest BCUT2D eigenvalue weighted by Gasteiger charge is 2.32. The Balaban J connectivity index is 1.65. The van der Waals surface area contributed by atoms with Crippen LogP contribution in [-0.2, 0) is 16.4 Å². The predicted molar refractivity (Wildman–Crippen MR) is 105 cm³/mol. The molecule has 1 amide bonds. The minimum Gasteiger partial charge on any atom is -0.467 e. The molecule has 1 N–H and O–H groups in total. The normalized spacial score (nSPS) is 18.2. The maximum Gasteiger partial charge on any atom is 0.272 e. The van der Waals surface area contributed by atoms with Crippen LogP contribution in [0.25, 0.3) is 11.3 Å². The lowest BCUT2D eigenvalue weighted by Gasteiger charge is -2.13. The summed E-state index contributed by atoms with van der Waals surface area (Å²) >= 11 is 0. The average Bonchev–Trinajstić information content (AvgIpc) is 3.39. The maximum absolute atomic E-state index is 12.6. The van der Waals surface area contributed by atoms with Gasteiger partial charge in [0.25, 0.3) is 5.91 Å². The molecule has 1 fully saturated rings. The summed E-state index contributed by atoms with van der Waals surface area (Å²) < 4.78 is 30.8. The first kappa shape index (κ1) is 18.5. The van der Waals surface area contributed by atoms with Crippen molar-refractivity contribution in [1.29, 1.82) is 0 Å². The third-order valence-corrected chi connectivity index (χ3v) is 6.62. The van der Waals surface area contributed by atoms with Gasteiger partial charge in [0.15, 0.2) is 15.5 Å². The van der Waals surface area contributed by atoms with E-state index in [4.69, 9.17) is 4.42 Å². The van der Waals surface area contributed by atoms with Crippen molar-refractivity contribution in [2.75, 3.05) is 11.5 Å². The number of benzene rings is 1. The molecule has 3 aromatic rings. The Morgan fingerprint density at radius 3 is 2.71 bits per heavy atom. The number of nitrogens with one attached hydrogen (secondary N) is 1. The molecule has 0 spiro atoms. The van der Waals surface area contributed by atoms with Gasteiger partial charge in [0.2, 0.25) is 0 Å². The van der Waals surface area contributed by atoms with Gasteiger partial charge in [-0.25, -0.2) is 8.42 Å². The number of carbonyl (C=O) groups is 1. The first-order chi connectivity index (χ1) is 13.4. The summed E-state index contributed by atoms with van der Waals surface area (Å²) in [5.74, 6) is 0.504. The summed E-state index contributed by atoms with van der Waals surface area (Å²) in [6.07, 6.45) is 2.04. The van der Waals surface area contributed by atoms with Crippen molar-refractivity contribution in [2.45, 2.75) is 25.9 Å². The summed E-state index contributed by atoms with van der Waals surface area (Å²) in [5, 5.41) is 7.25. The molecule has 28 heavy (non-hydrogen) atoms. The van der Waals surface area contributed by atoms with Crippen LogP contribution in [0.2, 0.25) is 0 Å². The zero-order chi connectivity index (χ0) is 19.7. The summed E-state index contributed by atoms with van der Waals surface area (Å²) in [7, 11) is -3.07. The molecule has 0 saturated carbocycles. The quantitative estimate of drug-likeness (QED) is 0.712. The van der Waals surface area contributed by atoms with E-state index in [0.29, 0.717) is 12.2 Å². The van der Waals surface area contributed by atoms with Crippen molar-refractivity contribution in [3.05, 3.63) is 65.7 Å². The van der Waals surface area contributed by atoms with Gasteiger partial charge < -0.3 is 9.73 Å². The van der Waals surface area contributed by atoms with Crippen molar-refractivity contribution >= 4 is 15.7 Å². The Kier molecular flexibility index (Phi) is 4.80. The Labute approximate surface area is 163 Å². The lowest BCUT2D eigenvalue weighted by Crippen LogP contribution is -2.23. The Bertz CT molecular complexity index is 1080. The highest BCUT2D eigenvalue weighted by atomic mass is 32.2. The highest BCUT2D eigenvalue weighted by molar-refractivity contribution is 7.91. The van der Waals surface area contributed by atoms with Crippen LogP contribution in [0, 0.1) is 6.92 Å². The van der Waals surface area contributed by atoms with Gasteiger partial charge in [0.05, 0.1) is 36.0 Å². The molecule has 146 valence electrons. The second-order valence-corrected chi connectivity index (χ2v) is 9.27. The molecule has 4 rings (SSSR count). The van der Waals surface area contributed by atoms with Gasteiger partial charge in [-0.15, -0.1) is 0 Å². The highest BCUT2D eigenvalue weighted by Crippen LogP contribution is 2.30. The molecular formula is C20H21N3O4S. The lowest BCUT2D eigenvalue weighted by atomic mass is 10.1. The predicted octanol–water partition coefficient (Wildman–Crippen LogP) is 2.74. The first-order valence-electron chi connectivity index (χ1n) is 9.09. The molecule has 1 aliphatic heterocycles. The van der Waals surface area contributed by atoms with Crippen molar-refractivity contribution in [3.63, 3.8) is 0 Å². The zero-order valence-electron chi connectivity index (χ0n) is 15.5. The van der Waals surface area contributed by atoms with E-state index in [0.717, 1.165) is 16.8 Å². The molecule has 1 aliphatic rings. The van der Waals surface area contributed by atoms with Crippen LogP contribution in [0.3, 0.4) is 0 Å². The molecule has 3 heterocycles. The largest absolute Gasteiger partial charge is 0.467 e. The number of rotatable bonds is 5. The molecule has 0 radical (unpaired) electrons.